The van der Waals surface area contributed by atoms with Gasteiger partial charge in [-0.15, -0.1) is 0 Å². The van der Waals surface area contributed by atoms with Gasteiger partial charge in [0.1, 0.15) is 0 Å². The molecule has 1 aromatic rings. The normalized spacial score (nSPS) is 20.6. The summed E-state index contributed by atoms with van der Waals surface area (Å²) in [6, 6.07) is 5.49. The number of halogens is 1. The largest absolute Gasteiger partial charge is 0.369 e. The lowest BCUT2D eigenvalue weighted by Gasteiger charge is -2.08. The molecule has 1 aliphatic carbocycles. The average molecular weight is 282 g/mol. The number of ketones is 1. The van der Waals surface area contributed by atoms with E-state index in [9.17, 15) is 9.59 Å². The van der Waals surface area contributed by atoms with E-state index in [0.717, 1.165) is 16.7 Å². The maximum Gasteiger partial charge on any atom is 0.224 e. The molecule has 2 N–H and O–H groups in total. The van der Waals surface area contributed by atoms with Crippen LogP contribution in [0.3, 0.4) is 0 Å². The minimum Gasteiger partial charge on any atom is -0.369 e. The zero-order valence-corrected chi connectivity index (χ0v) is 10.5. The number of amides is 1. The van der Waals surface area contributed by atoms with Gasteiger partial charge in [-0.25, -0.2) is 0 Å². The van der Waals surface area contributed by atoms with Crippen molar-refractivity contribution < 1.29 is 9.59 Å². The van der Waals surface area contributed by atoms with Gasteiger partial charge >= 0.3 is 0 Å². The molecule has 84 valence electrons. The van der Waals surface area contributed by atoms with Gasteiger partial charge in [0.05, 0.1) is 10.7 Å². The number of nitrogens with two attached hydrogens (primary N) is 1. The third-order valence-corrected chi connectivity index (χ3v) is 3.74. The van der Waals surface area contributed by atoms with E-state index in [1.807, 2.05) is 6.07 Å². The molecule has 0 bridgehead atoms. The second-order valence-electron chi connectivity index (χ2n) is 4.08. The zero-order chi connectivity index (χ0) is 11.9. The fraction of sp³-hybridized carbons (Fsp3) is 0.333. The van der Waals surface area contributed by atoms with Gasteiger partial charge in [0, 0.05) is 5.56 Å². The summed E-state index contributed by atoms with van der Waals surface area (Å²) in [5.41, 5.74) is 7.88. The average Bonchev–Trinajstić information content (AvgIpc) is 2.53. The molecule has 1 aliphatic rings. The summed E-state index contributed by atoms with van der Waals surface area (Å²) in [7, 11) is 0. The lowest BCUT2D eigenvalue weighted by atomic mass is 9.96. The molecule has 0 aromatic heterocycles. The van der Waals surface area contributed by atoms with Gasteiger partial charge in [-0.1, -0.05) is 34.1 Å². The molecule has 4 heteroatoms. The van der Waals surface area contributed by atoms with Crippen molar-refractivity contribution in [1.82, 2.24) is 0 Å². The molecule has 0 saturated carbocycles. The Kier molecular flexibility index (Phi) is 2.84. The Morgan fingerprint density at radius 1 is 1.56 bits per heavy atom. The molecule has 2 rings (SSSR count). The van der Waals surface area contributed by atoms with Crippen molar-refractivity contribution in [2.24, 2.45) is 5.73 Å². The van der Waals surface area contributed by atoms with E-state index in [2.05, 4.69) is 15.9 Å². The number of primary amides is 1. The quantitative estimate of drug-likeness (QED) is 0.840. The predicted octanol–water partition coefficient (Wildman–Crippen LogP) is 1.78. The second kappa shape index (κ2) is 4.01. The van der Waals surface area contributed by atoms with E-state index >= 15 is 0 Å². The lowest BCUT2D eigenvalue weighted by molar-refractivity contribution is -0.119. The molecule has 0 spiro atoms. The Hall–Kier alpha value is -1.16. The highest BCUT2D eigenvalue weighted by atomic mass is 79.9. The first-order valence-electron chi connectivity index (χ1n) is 5.11. The van der Waals surface area contributed by atoms with Crippen LogP contribution in [0.4, 0.5) is 0 Å². The summed E-state index contributed by atoms with van der Waals surface area (Å²) in [4.78, 5) is 22.6. The molecular weight excluding hydrogens is 270 g/mol. The van der Waals surface area contributed by atoms with Crippen LogP contribution >= 0.6 is 15.9 Å². The Bertz CT molecular complexity index is 470. The van der Waals surface area contributed by atoms with Crippen molar-refractivity contribution in [3.05, 3.63) is 34.9 Å². The second-order valence-corrected chi connectivity index (χ2v) is 5.18. The smallest absolute Gasteiger partial charge is 0.224 e. The number of fused-ring (bicyclic) bond motifs is 1. The molecule has 0 saturated heterocycles. The van der Waals surface area contributed by atoms with Gasteiger partial charge in [0.2, 0.25) is 5.91 Å². The number of Topliss-reactive ketones (excluding diaryl/α,β-unsaturated/α-hetero) is 1. The van der Waals surface area contributed by atoms with Crippen LogP contribution < -0.4 is 5.73 Å². The highest BCUT2D eigenvalue weighted by Crippen LogP contribution is 2.29. The number of carbonyl (C=O) groups is 2. The fourth-order valence-electron chi connectivity index (χ4n) is 1.91. The summed E-state index contributed by atoms with van der Waals surface area (Å²) < 4.78 is 0. The van der Waals surface area contributed by atoms with Gasteiger partial charge in [0.25, 0.3) is 0 Å². The summed E-state index contributed by atoms with van der Waals surface area (Å²) in [5.74, 6) is -0.539. The van der Waals surface area contributed by atoms with E-state index in [1.54, 1.807) is 19.1 Å². The first kappa shape index (κ1) is 11.3. The summed E-state index contributed by atoms with van der Waals surface area (Å²) in [6.07, 6.45) is 0.688. The number of hydrogen-bond acceptors (Lipinski definition) is 2. The van der Waals surface area contributed by atoms with Crippen LogP contribution in [0, 0.1) is 0 Å². The van der Waals surface area contributed by atoms with Crippen LogP contribution in [0.15, 0.2) is 18.2 Å². The SMILES string of the molecule is CC(C(N)=O)c1ccc2c(c1)CC(Br)C2=O. The molecule has 3 nitrogen and oxygen atoms in total. The number of rotatable bonds is 2. The molecule has 1 aromatic carbocycles. The van der Waals surface area contributed by atoms with E-state index in [-0.39, 0.29) is 22.4 Å². The number of alkyl halides is 1. The number of benzene rings is 1. The van der Waals surface area contributed by atoms with Crippen molar-refractivity contribution >= 4 is 27.6 Å². The van der Waals surface area contributed by atoms with Crippen molar-refractivity contribution in [3.63, 3.8) is 0 Å². The molecule has 0 aliphatic heterocycles. The van der Waals surface area contributed by atoms with Gasteiger partial charge in [-0.05, 0) is 24.5 Å². The molecule has 1 amide bonds. The van der Waals surface area contributed by atoms with Crippen molar-refractivity contribution in [2.75, 3.05) is 0 Å². The van der Waals surface area contributed by atoms with E-state index < -0.39 is 0 Å². The van der Waals surface area contributed by atoms with E-state index in [0.29, 0.717) is 6.42 Å². The topological polar surface area (TPSA) is 60.2 Å². The highest BCUT2D eigenvalue weighted by molar-refractivity contribution is 9.10. The first-order chi connectivity index (χ1) is 7.50. The van der Waals surface area contributed by atoms with Crippen LogP contribution in [0.25, 0.3) is 0 Å². The Morgan fingerprint density at radius 2 is 2.25 bits per heavy atom. The van der Waals surface area contributed by atoms with Crippen LogP contribution in [0.2, 0.25) is 0 Å². The standard InChI is InChI=1S/C12H12BrNO2/c1-6(12(14)16)7-2-3-9-8(4-7)5-10(13)11(9)15/h2-4,6,10H,5H2,1H3,(H2,14,16). The summed E-state index contributed by atoms with van der Waals surface area (Å²) in [6.45, 7) is 1.77. The van der Waals surface area contributed by atoms with Crippen molar-refractivity contribution in [1.29, 1.82) is 0 Å². The fourth-order valence-corrected chi connectivity index (χ4v) is 2.51. The molecule has 16 heavy (non-hydrogen) atoms. The number of hydrogen-bond donors (Lipinski definition) is 1. The van der Waals surface area contributed by atoms with E-state index in [1.165, 1.54) is 0 Å². The van der Waals surface area contributed by atoms with Gasteiger partial charge in [-0.2, -0.15) is 0 Å². The molecule has 0 radical (unpaired) electrons. The Labute approximate surface area is 102 Å². The minimum absolute atomic E-state index is 0.119. The monoisotopic (exact) mass is 281 g/mol. The molecular formula is C12H12BrNO2. The molecule has 2 unspecified atom stereocenters. The Balaban J connectivity index is 2.39. The number of carbonyl (C=O) groups excluding carboxylic acids is 2. The van der Waals surface area contributed by atoms with Crippen molar-refractivity contribution in [2.45, 2.75) is 24.1 Å². The zero-order valence-electron chi connectivity index (χ0n) is 8.87. The van der Waals surface area contributed by atoms with Crippen LogP contribution in [-0.2, 0) is 11.2 Å². The van der Waals surface area contributed by atoms with E-state index in [4.69, 9.17) is 5.73 Å². The third-order valence-electron chi connectivity index (χ3n) is 3.01. The maximum atomic E-state index is 11.7. The van der Waals surface area contributed by atoms with Crippen LogP contribution in [-0.4, -0.2) is 16.5 Å². The van der Waals surface area contributed by atoms with Gasteiger partial charge < -0.3 is 5.73 Å². The first-order valence-corrected chi connectivity index (χ1v) is 6.02. The van der Waals surface area contributed by atoms with Gasteiger partial charge in [0.15, 0.2) is 5.78 Å². The van der Waals surface area contributed by atoms with Crippen LogP contribution in [0.5, 0.6) is 0 Å². The van der Waals surface area contributed by atoms with Crippen molar-refractivity contribution in [3.8, 4) is 0 Å². The van der Waals surface area contributed by atoms with Gasteiger partial charge in [-0.3, -0.25) is 9.59 Å². The molecule has 2 atom stereocenters. The Morgan fingerprint density at radius 3 is 2.88 bits per heavy atom. The highest BCUT2D eigenvalue weighted by Gasteiger charge is 2.28. The predicted molar refractivity (Wildman–Crippen MR) is 64.8 cm³/mol. The minimum atomic E-state index is -0.348. The third kappa shape index (κ3) is 1.78. The maximum absolute atomic E-state index is 11.7. The van der Waals surface area contributed by atoms with Crippen LogP contribution in [0.1, 0.15) is 34.3 Å². The molecule has 0 fully saturated rings. The lowest BCUT2D eigenvalue weighted by Crippen LogP contribution is -2.18. The summed E-state index contributed by atoms with van der Waals surface area (Å²) in [5, 5.41) is 0. The molecule has 0 heterocycles. The summed E-state index contributed by atoms with van der Waals surface area (Å²) >= 11 is 3.33.